The van der Waals surface area contributed by atoms with Crippen molar-refractivity contribution < 1.29 is 9.53 Å². The monoisotopic (exact) mass is 290 g/mol. The van der Waals surface area contributed by atoms with Gasteiger partial charge in [0, 0.05) is 12.6 Å². The number of piperidine rings is 1. The summed E-state index contributed by atoms with van der Waals surface area (Å²) < 4.78 is 5.46. The smallest absolute Gasteiger partial charge is 0.410 e. The van der Waals surface area contributed by atoms with Gasteiger partial charge in [-0.2, -0.15) is 0 Å². The van der Waals surface area contributed by atoms with Crippen LogP contribution in [0.3, 0.4) is 0 Å². The second-order valence-electron chi connectivity index (χ2n) is 6.00. The molecule has 1 aromatic carbocycles. The second kappa shape index (κ2) is 8.03. The minimum Gasteiger partial charge on any atom is -0.445 e. The van der Waals surface area contributed by atoms with Gasteiger partial charge in [-0.3, -0.25) is 0 Å². The quantitative estimate of drug-likeness (QED) is 0.906. The van der Waals surface area contributed by atoms with Gasteiger partial charge in [0.1, 0.15) is 6.61 Å². The molecule has 1 fully saturated rings. The first-order valence-electron chi connectivity index (χ1n) is 7.85. The van der Waals surface area contributed by atoms with Crippen molar-refractivity contribution in [2.45, 2.75) is 39.3 Å². The Bertz CT molecular complexity index is 428. The van der Waals surface area contributed by atoms with E-state index in [2.05, 4.69) is 5.32 Å². The zero-order chi connectivity index (χ0) is 15.1. The summed E-state index contributed by atoms with van der Waals surface area (Å²) in [6.45, 7) is 7.29. The summed E-state index contributed by atoms with van der Waals surface area (Å²) in [4.78, 5) is 14.2. The highest BCUT2D eigenvalue weighted by Crippen LogP contribution is 2.15. The summed E-state index contributed by atoms with van der Waals surface area (Å²) in [6, 6.07) is 9.97. The van der Waals surface area contributed by atoms with Crippen LogP contribution in [0.5, 0.6) is 0 Å². The minimum absolute atomic E-state index is 0.162. The predicted octanol–water partition coefficient (Wildman–Crippen LogP) is 3.03. The van der Waals surface area contributed by atoms with Gasteiger partial charge < -0.3 is 15.0 Å². The molecule has 0 spiro atoms. The lowest BCUT2D eigenvalue weighted by Crippen LogP contribution is -2.44. The topological polar surface area (TPSA) is 41.6 Å². The summed E-state index contributed by atoms with van der Waals surface area (Å²) in [5.41, 5.74) is 1.02. The normalized spacial score (nSPS) is 18.5. The van der Waals surface area contributed by atoms with E-state index in [0.29, 0.717) is 12.5 Å². The van der Waals surface area contributed by atoms with Gasteiger partial charge in [0.05, 0.1) is 0 Å². The van der Waals surface area contributed by atoms with Crippen molar-refractivity contribution in [3.63, 3.8) is 0 Å². The first kappa shape index (κ1) is 15.8. The van der Waals surface area contributed by atoms with Crippen molar-refractivity contribution in [1.29, 1.82) is 0 Å². The van der Waals surface area contributed by atoms with E-state index in [1.165, 1.54) is 12.8 Å². The zero-order valence-corrected chi connectivity index (χ0v) is 13.0. The summed E-state index contributed by atoms with van der Waals surface area (Å²) in [6.07, 6.45) is 2.16. The van der Waals surface area contributed by atoms with E-state index in [4.69, 9.17) is 4.74 Å². The molecular formula is C17H26N2O2. The van der Waals surface area contributed by atoms with Gasteiger partial charge in [0.25, 0.3) is 0 Å². The van der Waals surface area contributed by atoms with Crippen molar-refractivity contribution in [3.05, 3.63) is 35.9 Å². The molecule has 1 aliphatic heterocycles. The molecule has 1 aromatic rings. The van der Waals surface area contributed by atoms with Crippen LogP contribution < -0.4 is 5.32 Å². The fourth-order valence-corrected chi connectivity index (χ4v) is 2.66. The van der Waals surface area contributed by atoms with E-state index in [9.17, 15) is 4.79 Å². The SMILES string of the molecule is CC(C)N(C[C@@H]1CCCNC1)C(=O)OCc1ccccc1. The Balaban J connectivity index is 1.86. The molecule has 1 atom stereocenters. The van der Waals surface area contributed by atoms with Crippen molar-refractivity contribution >= 4 is 6.09 Å². The van der Waals surface area contributed by atoms with Crippen LogP contribution in [0.1, 0.15) is 32.3 Å². The van der Waals surface area contributed by atoms with Crippen molar-refractivity contribution in [2.75, 3.05) is 19.6 Å². The number of benzene rings is 1. The van der Waals surface area contributed by atoms with Crippen LogP contribution in [0, 0.1) is 5.92 Å². The van der Waals surface area contributed by atoms with Gasteiger partial charge in [-0.15, -0.1) is 0 Å². The van der Waals surface area contributed by atoms with Crippen LogP contribution in [0.25, 0.3) is 0 Å². The molecule has 0 saturated carbocycles. The molecule has 2 rings (SSSR count). The molecule has 1 amide bonds. The Labute approximate surface area is 127 Å². The maximum atomic E-state index is 12.3. The molecule has 116 valence electrons. The van der Waals surface area contributed by atoms with Crippen LogP contribution in [-0.4, -0.2) is 36.7 Å². The van der Waals surface area contributed by atoms with Crippen LogP contribution >= 0.6 is 0 Å². The standard InChI is InChI=1S/C17H26N2O2/c1-14(2)19(12-16-9-6-10-18-11-16)17(20)21-13-15-7-4-3-5-8-15/h3-5,7-8,14,16,18H,6,9-13H2,1-2H3/t16-/m1/s1. The third-order valence-electron chi connectivity index (χ3n) is 3.92. The Kier molecular flexibility index (Phi) is 6.05. The summed E-state index contributed by atoms with van der Waals surface area (Å²) >= 11 is 0. The Morgan fingerprint density at radius 2 is 2.14 bits per heavy atom. The molecular weight excluding hydrogens is 264 g/mol. The third kappa shape index (κ3) is 5.05. The Hall–Kier alpha value is -1.55. The van der Waals surface area contributed by atoms with E-state index in [0.717, 1.165) is 25.2 Å². The molecule has 1 saturated heterocycles. The molecule has 1 aliphatic rings. The maximum Gasteiger partial charge on any atom is 0.410 e. The van der Waals surface area contributed by atoms with Crippen LogP contribution in [-0.2, 0) is 11.3 Å². The zero-order valence-electron chi connectivity index (χ0n) is 13.0. The highest BCUT2D eigenvalue weighted by molar-refractivity contribution is 5.68. The maximum absolute atomic E-state index is 12.3. The average molecular weight is 290 g/mol. The lowest BCUT2D eigenvalue weighted by molar-refractivity contribution is 0.0768. The van der Waals surface area contributed by atoms with Gasteiger partial charge in [-0.1, -0.05) is 30.3 Å². The number of hydrogen-bond donors (Lipinski definition) is 1. The Morgan fingerprint density at radius 1 is 1.38 bits per heavy atom. The number of ether oxygens (including phenoxy) is 1. The number of carbonyl (C=O) groups is 1. The van der Waals surface area contributed by atoms with Gasteiger partial charge in [0.2, 0.25) is 0 Å². The second-order valence-corrected chi connectivity index (χ2v) is 6.00. The highest BCUT2D eigenvalue weighted by Gasteiger charge is 2.23. The van der Waals surface area contributed by atoms with Gasteiger partial charge >= 0.3 is 6.09 Å². The molecule has 4 heteroatoms. The fraction of sp³-hybridized carbons (Fsp3) is 0.588. The van der Waals surface area contributed by atoms with E-state index in [1.807, 2.05) is 49.1 Å². The Morgan fingerprint density at radius 3 is 2.76 bits per heavy atom. The number of hydrogen-bond acceptors (Lipinski definition) is 3. The largest absolute Gasteiger partial charge is 0.445 e. The molecule has 1 N–H and O–H groups in total. The first-order valence-corrected chi connectivity index (χ1v) is 7.85. The molecule has 1 heterocycles. The molecule has 0 aromatic heterocycles. The number of amides is 1. The van der Waals surface area contributed by atoms with Gasteiger partial charge in [0.15, 0.2) is 0 Å². The summed E-state index contributed by atoms with van der Waals surface area (Å²) in [5.74, 6) is 0.533. The van der Waals surface area contributed by atoms with Crippen molar-refractivity contribution in [2.24, 2.45) is 5.92 Å². The van der Waals surface area contributed by atoms with Gasteiger partial charge in [-0.05, 0) is 51.3 Å². The fourth-order valence-electron chi connectivity index (χ4n) is 2.66. The van der Waals surface area contributed by atoms with Crippen LogP contribution in [0.4, 0.5) is 4.79 Å². The predicted molar refractivity (Wildman–Crippen MR) is 84.1 cm³/mol. The minimum atomic E-state index is -0.209. The molecule has 0 unspecified atom stereocenters. The number of nitrogens with one attached hydrogen (secondary N) is 1. The summed E-state index contributed by atoms with van der Waals surface area (Å²) in [7, 11) is 0. The van der Waals surface area contributed by atoms with Crippen molar-refractivity contribution in [1.82, 2.24) is 10.2 Å². The van der Waals surface area contributed by atoms with Crippen LogP contribution in [0.15, 0.2) is 30.3 Å². The van der Waals surface area contributed by atoms with Gasteiger partial charge in [-0.25, -0.2) is 4.79 Å². The van der Waals surface area contributed by atoms with E-state index in [-0.39, 0.29) is 12.1 Å². The van der Waals surface area contributed by atoms with Crippen LogP contribution in [0.2, 0.25) is 0 Å². The van der Waals surface area contributed by atoms with E-state index < -0.39 is 0 Å². The number of rotatable bonds is 5. The molecule has 0 aliphatic carbocycles. The molecule has 4 nitrogen and oxygen atoms in total. The number of nitrogens with zero attached hydrogens (tertiary/aromatic N) is 1. The average Bonchev–Trinajstić information content (AvgIpc) is 2.52. The lowest BCUT2D eigenvalue weighted by atomic mass is 9.99. The highest BCUT2D eigenvalue weighted by atomic mass is 16.6. The van der Waals surface area contributed by atoms with Crippen molar-refractivity contribution in [3.8, 4) is 0 Å². The van der Waals surface area contributed by atoms with E-state index in [1.54, 1.807) is 0 Å². The van der Waals surface area contributed by atoms with E-state index >= 15 is 0 Å². The first-order chi connectivity index (χ1) is 10.2. The molecule has 0 bridgehead atoms. The third-order valence-corrected chi connectivity index (χ3v) is 3.92. The summed E-state index contributed by atoms with van der Waals surface area (Å²) in [5, 5.41) is 3.40. The molecule has 21 heavy (non-hydrogen) atoms. The molecule has 0 radical (unpaired) electrons. The lowest BCUT2D eigenvalue weighted by Gasteiger charge is -2.32. The number of carbonyl (C=O) groups excluding carboxylic acids is 1.